The Labute approximate surface area is 103 Å². The van der Waals surface area contributed by atoms with Gasteiger partial charge < -0.3 is 15.4 Å². The molecule has 0 unspecified atom stereocenters. The molecule has 2 rings (SSSR count). The van der Waals surface area contributed by atoms with Crippen LogP contribution in [0.3, 0.4) is 0 Å². The smallest absolute Gasteiger partial charge is 0.234 e. The molecule has 0 bridgehead atoms. The number of carbonyl (C=O) groups excluding carboxylic acids is 1. The molecule has 1 aliphatic heterocycles. The average molecular weight is 240 g/mol. The quantitative estimate of drug-likeness (QED) is 0.759. The van der Waals surface area contributed by atoms with Crippen molar-refractivity contribution < 1.29 is 9.53 Å². The van der Waals surface area contributed by atoms with Crippen LogP contribution < -0.4 is 10.6 Å². The minimum atomic E-state index is 0.134. The molecule has 17 heavy (non-hydrogen) atoms. The molecular weight excluding hydrogens is 216 g/mol. The SMILES string of the molecule is O=C(CNC[C@H]1CCCO1)NC1CCCCC1. The first-order valence-corrected chi connectivity index (χ1v) is 6.96. The van der Waals surface area contributed by atoms with Gasteiger partial charge in [0.15, 0.2) is 0 Å². The first-order valence-electron chi connectivity index (χ1n) is 6.96. The lowest BCUT2D eigenvalue weighted by molar-refractivity contribution is -0.121. The summed E-state index contributed by atoms with van der Waals surface area (Å²) in [5.74, 6) is 0.134. The van der Waals surface area contributed by atoms with E-state index in [4.69, 9.17) is 4.74 Å². The minimum Gasteiger partial charge on any atom is -0.377 e. The molecule has 4 nitrogen and oxygen atoms in total. The number of amides is 1. The molecule has 4 heteroatoms. The van der Waals surface area contributed by atoms with Crippen LogP contribution in [0.25, 0.3) is 0 Å². The topological polar surface area (TPSA) is 50.4 Å². The Morgan fingerprint density at radius 3 is 2.65 bits per heavy atom. The van der Waals surface area contributed by atoms with Gasteiger partial charge in [0, 0.05) is 19.2 Å². The van der Waals surface area contributed by atoms with Crippen molar-refractivity contribution in [2.24, 2.45) is 0 Å². The number of hydrogen-bond donors (Lipinski definition) is 2. The monoisotopic (exact) mass is 240 g/mol. The van der Waals surface area contributed by atoms with E-state index in [1.54, 1.807) is 0 Å². The van der Waals surface area contributed by atoms with Crippen molar-refractivity contribution in [3.8, 4) is 0 Å². The predicted octanol–water partition coefficient (Wildman–Crippen LogP) is 1.20. The van der Waals surface area contributed by atoms with E-state index >= 15 is 0 Å². The molecule has 1 heterocycles. The lowest BCUT2D eigenvalue weighted by Crippen LogP contribution is -2.42. The molecule has 1 saturated heterocycles. The zero-order valence-corrected chi connectivity index (χ0v) is 10.5. The summed E-state index contributed by atoms with van der Waals surface area (Å²) >= 11 is 0. The minimum absolute atomic E-state index is 0.134. The Hall–Kier alpha value is -0.610. The number of nitrogens with one attached hydrogen (secondary N) is 2. The Kier molecular flexibility index (Phi) is 5.26. The molecule has 0 aromatic heterocycles. The highest BCUT2D eigenvalue weighted by Gasteiger charge is 2.17. The fourth-order valence-corrected chi connectivity index (χ4v) is 2.68. The van der Waals surface area contributed by atoms with Gasteiger partial charge in [0.05, 0.1) is 12.6 Å². The highest BCUT2D eigenvalue weighted by atomic mass is 16.5. The maximum atomic E-state index is 11.7. The van der Waals surface area contributed by atoms with E-state index < -0.39 is 0 Å². The van der Waals surface area contributed by atoms with E-state index in [1.807, 2.05) is 0 Å². The van der Waals surface area contributed by atoms with E-state index in [0.717, 1.165) is 38.8 Å². The lowest BCUT2D eigenvalue weighted by Gasteiger charge is -2.23. The van der Waals surface area contributed by atoms with Gasteiger partial charge in [0.2, 0.25) is 5.91 Å². The number of ether oxygens (including phenoxy) is 1. The number of hydrogen-bond acceptors (Lipinski definition) is 3. The molecule has 1 aliphatic carbocycles. The molecule has 0 radical (unpaired) electrons. The summed E-state index contributed by atoms with van der Waals surface area (Å²) in [6.45, 7) is 2.11. The van der Waals surface area contributed by atoms with Crippen molar-refractivity contribution in [2.45, 2.75) is 57.1 Å². The Balaban J connectivity index is 1.53. The third-order valence-electron chi connectivity index (χ3n) is 3.65. The Morgan fingerprint density at radius 1 is 1.12 bits per heavy atom. The van der Waals surface area contributed by atoms with E-state index in [0.29, 0.717) is 18.7 Å². The van der Waals surface area contributed by atoms with Gasteiger partial charge in [-0.2, -0.15) is 0 Å². The van der Waals surface area contributed by atoms with Crippen LogP contribution in [0.5, 0.6) is 0 Å². The maximum absolute atomic E-state index is 11.7. The summed E-state index contributed by atoms with van der Waals surface area (Å²) in [4.78, 5) is 11.7. The summed E-state index contributed by atoms with van der Waals surface area (Å²) in [5.41, 5.74) is 0. The standard InChI is InChI=1S/C13H24N2O2/c16-13(15-11-5-2-1-3-6-11)10-14-9-12-7-4-8-17-12/h11-12,14H,1-10H2,(H,15,16)/t12-/m1/s1. The second kappa shape index (κ2) is 6.97. The predicted molar refractivity (Wildman–Crippen MR) is 66.9 cm³/mol. The molecule has 0 aromatic carbocycles. The van der Waals surface area contributed by atoms with Gasteiger partial charge in [0.25, 0.3) is 0 Å². The van der Waals surface area contributed by atoms with Crippen molar-refractivity contribution in [1.82, 2.24) is 10.6 Å². The highest BCUT2D eigenvalue weighted by Crippen LogP contribution is 2.17. The molecule has 2 fully saturated rings. The van der Waals surface area contributed by atoms with Crippen molar-refractivity contribution >= 4 is 5.91 Å². The molecular formula is C13H24N2O2. The molecule has 1 saturated carbocycles. The maximum Gasteiger partial charge on any atom is 0.234 e. The van der Waals surface area contributed by atoms with Crippen molar-refractivity contribution in [3.05, 3.63) is 0 Å². The summed E-state index contributed by atoms with van der Waals surface area (Å²) < 4.78 is 5.49. The van der Waals surface area contributed by atoms with Crippen LogP contribution in [-0.4, -0.2) is 37.7 Å². The van der Waals surface area contributed by atoms with Crippen molar-refractivity contribution in [2.75, 3.05) is 19.7 Å². The third-order valence-corrected chi connectivity index (χ3v) is 3.65. The zero-order valence-electron chi connectivity index (χ0n) is 10.5. The Morgan fingerprint density at radius 2 is 1.94 bits per heavy atom. The third kappa shape index (κ3) is 4.64. The number of carbonyl (C=O) groups is 1. The van der Waals surface area contributed by atoms with Crippen LogP contribution in [0.4, 0.5) is 0 Å². The first-order chi connectivity index (χ1) is 8.34. The highest BCUT2D eigenvalue weighted by molar-refractivity contribution is 5.78. The van der Waals surface area contributed by atoms with E-state index in [1.165, 1.54) is 19.3 Å². The lowest BCUT2D eigenvalue weighted by atomic mass is 9.95. The normalized spacial score (nSPS) is 26.0. The second-order valence-corrected chi connectivity index (χ2v) is 5.17. The summed E-state index contributed by atoms with van der Waals surface area (Å²) in [5, 5.41) is 6.28. The van der Waals surface area contributed by atoms with Crippen LogP contribution in [0.1, 0.15) is 44.9 Å². The Bertz CT molecular complexity index is 234. The van der Waals surface area contributed by atoms with E-state index in [9.17, 15) is 4.79 Å². The fourth-order valence-electron chi connectivity index (χ4n) is 2.68. The van der Waals surface area contributed by atoms with Crippen LogP contribution >= 0.6 is 0 Å². The van der Waals surface area contributed by atoms with Gasteiger partial charge in [-0.25, -0.2) is 0 Å². The fraction of sp³-hybridized carbons (Fsp3) is 0.923. The molecule has 0 aromatic rings. The van der Waals surface area contributed by atoms with Crippen molar-refractivity contribution in [1.29, 1.82) is 0 Å². The van der Waals surface area contributed by atoms with Crippen LogP contribution in [0.15, 0.2) is 0 Å². The largest absolute Gasteiger partial charge is 0.377 e. The second-order valence-electron chi connectivity index (χ2n) is 5.17. The summed E-state index contributed by atoms with van der Waals surface area (Å²) in [6.07, 6.45) is 8.73. The van der Waals surface area contributed by atoms with Gasteiger partial charge in [0.1, 0.15) is 0 Å². The van der Waals surface area contributed by atoms with E-state index in [2.05, 4.69) is 10.6 Å². The molecule has 1 atom stereocenters. The summed E-state index contributed by atoms with van der Waals surface area (Å²) in [7, 11) is 0. The number of rotatable bonds is 5. The van der Waals surface area contributed by atoms with E-state index in [-0.39, 0.29) is 5.91 Å². The van der Waals surface area contributed by atoms with Gasteiger partial charge in [-0.15, -0.1) is 0 Å². The van der Waals surface area contributed by atoms with Crippen LogP contribution in [-0.2, 0) is 9.53 Å². The molecule has 0 spiro atoms. The zero-order chi connectivity index (χ0) is 11.9. The molecule has 2 N–H and O–H groups in total. The van der Waals surface area contributed by atoms with Crippen LogP contribution in [0.2, 0.25) is 0 Å². The van der Waals surface area contributed by atoms with Gasteiger partial charge in [-0.3, -0.25) is 4.79 Å². The molecule has 2 aliphatic rings. The molecule has 1 amide bonds. The van der Waals surface area contributed by atoms with Gasteiger partial charge >= 0.3 is 0 Å². The van der Waals surface area contributed by atoms with Crippen LogP contribution in [0, 0.1) is 0 Å². The van der Waals surface area contributed by atoms with Crippen molar-refractivity contribution in [3.63, 3.8) is 0 Å². The molecule has 98 valence electrons. The van der Waals surface area contributed by atoms with Gasteiger partial charge in [-0.05, 0) is 25.7 Å². The first kappa shape index (κ1) is 12.8. The average Bonchev–Trinajstić information content (AvgIpc) is 2.83. The van der Waals surface area contributed by atoms with Gasteiger partial charge in [-0.1, -0.05) is 19.3 Å². The summed E-state index contributed by atoms with van der Waals surface area (Å²) in [6, 6.07) is 0.417.